The van der Waals surface area contributed by atoms with E-state index in [1.165, 1.54) is 50.9 Å². The highest BCUT2D eigenvalue weighted by Crippen LogP contribution is 2.23. The van der Waals surface area contributed by atoms with Crippen LogP contribution in [0.25, 0.3) is 0 Å². The third kappa shape index (κ3) is 7.65. The molecule has 0 aliphatic rings. The maximum Gasteiger partial charge on any atom is 0.207 e. The summed E-state index contributed by atoms with van der Waals surface area (Å²) in [5, 5.41) is 2.77. The average molecular weight is 365 g/mol. The summed E-state index contributed by atoms with van der Waals surface area (Å²) in [7, 11) is 1.65. The fraction of sp³-hybridized carbons (Fsp3) is 0.667. The summed E-state index contributed by atoms with van der Waals surface area (Å²) < 4.78 is 6.37. The number of anilines is 1. The minimum atomic E-state index is 0.724. The number of rotatable bonds is 15. The van der Waals surface area contributed by atoms with Crippen LogP contribution in [0.15, 0.2) is 18.2 Å². The van der Waals surface area contributed by atoms with Crippen LogP contribution in [-0.4, -0.2) is 50.7 Å². The van der Waals surface area contributed by atoms with Gasteiger partial charge >= 0.3 is 0 Å². The summed E-state index contributed by atoms with van der Waals surface area (Å²) in [5.74, 6) is 0.755. The van der Waals surface area contributed by atoms with Gasteiger partial charge in [-0.3, -0.25) is 4.79 Å². The van der Waals surface area contributed by atoms with Crippen LogP contribution in [0.3, 0.4) is 0 Å². The Labute approximate surface area is 159 Å². The quantitative estimate of drug-likeness (QED) is 0.217. The fourth-order valence-corrected chi connectivity index (χ4v) is 3.61. The second-order valence-corrected chi connectivity index (χ2v) is 7.09. The molecule has 0 saturated heterocycles. The number of quaternary nitrogens is 1. The SMILES string of the molecule is CC[N+](CC)(CCCCCCc1ccc(OC)c(N)c1)CCCNC=O. The number of unbranched alkanes of at least 4 members (excludes halogenated alkanes) is 3. The first-order valence-corrected chi connectivity index (χ1v) is 10.0. The van der Waals surface area contributed by atoms with E-state index in [4.69, 9.17) is 10.5 Å². The highest BCUT2D eigenvalue weighted by molar-refractivity contribution is 5.54. The molecule has 1 aromatic carbocycles. The molecule has 0 heterocycles. The van der Waals surface area contributed by atoms with Crippen LogP contribution in [0.1, 0.15) is 51.5 Å². The fourth-order valence-electron chi connectivity index (χ4n) is 3.61. The zero-order valence-electron chi connectivity index (χ0n) is 16.9. The van der Waals surface area contributed by atoms with Crippen molar-refractivity contribution in [3.8, 4) is 5.75 Å². The molecule has 0 saturated carbocycles. The van der Waals surface area contributed by atoms with E-state index in [0.717, 1.165) is 48.3 Å². The zero-order chi connectivity index (χ0) is 19.3. The van der Waals surface area contributed by atoms with Crippen molar-refractivity contribution in [3.05, 3.63) is 23.8 Å². The van der Waals surface area contributed by atoms with Crippen LogP contribution in [0.4, 0.5) is 5.69 Å². The van der Waals surface area contributed by atoms with Crippen LogP contribution >= 0.6 is 0 Å². The van der Waals surface area contributed by atoms with E-state index in [1.54, 1.807) is 7.11 Å². The summed E-state index contributed by atoms with van der Waals surface area (Å²) >= 11 is 0. The second-order valence-electron chi connectivity index (χ2n) is 7.09. The molecule has 1 amide bonds. The van der Waals surface area contributed by atoms with Gasteiger partial charge in [0.25, 0.3) is 0 Å². The number of nitrogens with one attached hydrogen (secondary N) is 1. The molecule has 0 aliphatic carbocycles. The molecule has 0 radical (unpaired) electrons. The molecular weight excluding hydrogens is 326 g/mol. The lowest BCUT2D eigenvalue weighted by molar-refractivity contribution is -0.925. The number of hydrogen-bond acceptors (Lipinski definition) is 3. The Morgan fingerprint density at radius 2 is 1.77 bits per heavy atom. The van der Waals surface area contributed by atoms with Crippen molar-refractivity contribution in [2.45, 2.75) is 52.4 Å². The number of methoxy groups -OCH3 is 1. The number of nitrogens with zero attached hydrogens (tertiary/aromatic N) is 1. The highest BCUT2D eigenvalue weighted by Gasteiger charge is 2.21. The Morgan fingerprint density at radius 1 is 1.08 bits per heavy atom. The first-order chi connectivity index (χ1) is 12.6. The topological polar surface area (TPSA) is 64.3 Å². The smallest absolute Gasteiger partial charge is 0.207 e. The van der Waals surface area contributed by atoms with Crippen LogP contribution < -0.4 is 15.8 Å². The van der Waals surface area contributed by atoms with Crippen molar-refractivity contribution in [2.75, 3.05) is 45.6 Å². The lowest BCUT2D eigenvalue weighted by Crippen LogP contribution is -2.49. The maximum absolute atomic E-state index is 10.4. The Morgan fingerprint density at radius 3 is 2.38 bits per heavy atom. The standard InChI is InChI=1S/C21H37N3O2/c1-4-24(5-2,16-10-14-23-18-25)15-9-7-6-8-11-19-12-13-21(26-3)20(22)17-19/h12-13,17-18H,4-11,14-16,22H2,1-3H3/p+1. The number of carbonyl (C=O) groups excluding carboxylic acids is 1. The normalized spacial score (nSPS) is 11.3. The van der Waals surface area contributed by atoms with Gasteiger partial charge in [0.05, 0.1) is 39.0 Å². The predicted molar refractivity (Wildman–Crippen MR) is 109 cm³/mol. The average Bonchev–Trinajstić information content (AvgIpc) is 2.66. The number of benzene rings is 1. The molecule has 0 bridgehead atoms. The third-order valence-electron chi connectivity index (χ3n) is 5.52. The minimum Gasteiger partial charge on any atom is -0.495 e. The Bertz CT molecular complexity index is 516. The second kappa shape index (κ2) is 12.6. The number of aryl methyl sites for hydroxylation is 1. The zero-order valence-corrected chi connectivity index (χ0v) is 16.9. The maximum atomic E-state index is 10.4. The molecule has 0 unspecified atom stereocenters. The monoisotopic (exact) mass is 364 g/mol. The predicted octanol–water partition coefficient (Wildman–Crippen LogP) is 3.37. The molecule has 0 fully saturated rings. The van der Waals surface area contributed by atoms with Gasteiger partial charge in [0.1, 0.15) is 5.75 Å². The van der Waals surface area contributed by atoms with Crippen LogP contribution in [-0.2, 0) is 11.2 Å². The largest absolute Gasteiger partial charge is 0.495 e. The van der Waals surface area contributed by atoms with E-state index in [-0.39, 0.29) is 0 Å². The van der Waals surface area contributed by atoms with Crippen molar-refractivity contribution in [3.63, 3.8) is 0 Å². The molecule has 0 aliphatic heterocycles. The van der Waals surface area contributed by atoms with Crippen molar-refractivity contribution in [1.82, 2.24) is 5.32 Å². The summed E-state index contributed by atoms with van der Waals surface area (Å²) in [6, 6.07) is 6.10. The van der Waals surface area contributed by atoms with Gasteiger partial charge in [0.2, 0.25) is 6.41 Å². The van der Waals surface area contributed by atoms with Crippen LogP contribution in [0.5, 0.6) is 5.75 Å². The van der Waals surface area contributed by atoms with Crippen LogP contribution in [0.2, 0.25) is 0 Å². The number of amides is 1. The van der Waals surface area contributed by atoms with Crippen molar-refractivity contribution >= 4 is 12.1 Å². The van der Waals surface area contributed by atoms with E-state index < -0.39 is 0 Å². The number of ether oxygens (including phenoxy) is 1. The van der Waals surface area contributed by atoms with Gasteiger partial charge in [-0.2, -0.15) is 0 Å². The Kier molecular flexibility index (Phi) is 10.8. The van der Waals surface area contributed by atoms with E-state index in [2.05, 4.69) is 25.2 Å². The molecule has 0 atom stereocenters. The number of nitrogens with two attached hydrogens (primary N) is 1. The van der Waals surface area contributed by atoms with Gasteiger partial charge < -0.3 is 20.3 Å². The van der Waals surface area contributed by atoms with Gasteiger partial charge in [-0.05, 0) is 57.2 Å². The van der Waals surface area contributed by atoms with Crippen molar-refractivity contribution in [2.24, 2.45) is 0 Å². The third-order valence-corrected chi connectivity index (χ3v) is 5.52. The molecule has 5 nitrogen and oxygen atoms in total. The summed E-state index contributed by atoms with van der Waals surface area (Å²) in [5.41, 5.74) is 7.98. The van der Waals surface area contributed by atoms with Gasteiger partial charge in [-0.25, -0.2) is 0 Å². The summed E-state index contributed by atoms with van der Waals surface area (Å²) in [6.45, 7) is 10.1. The van der Waals surface area contributed by atoms with E-state index in [0.29, 0.717) is 0 Å². The van der Waals surface area contributed by atoms with Crippen molar-refractivity contribution in [1.29, 1.82) is 0 Å². The van der Waals surface area contributed by atoms with Crippen LogP contribution in [0, 0.1) is 0 Å². The molecule has 148 valence electrons. The number of nitrogen functional groups attached to an aromatic ring is 1. The lowest BCUT2D eigenvalue weighted by atomic mass is 10.0. The summed E-state index contributed by atoms with van der Waals surface area (Å²) in [4.78, 5) is 10.4. The lowest BCUT2D eigenvalue weighted by Gasteiger charge is -2.37. The van der Waals surface area contributed by atoms with E-state index in [9.17, 15) is 4.79 Å². The van der Waals surface area contributed by atoms with E-state index >= 15 is 0 Å². The van der Waals surface area contributed by atoms with Gasteiger partial charge in [0, 0.05) is 13.0 Å². The Balaban J connectivity index is 2.26. The molecule has 26 heavy (non-hydrogen) atoms. The number of carbonyl (C=O) groups is 1. The highest BCUT2D eigenvalue weighted by atomic mass is 16.5. The molecule has 3 N–H and O–H groups in total. The van der Waals surface area contributed by atoms with Crippen molar-refractivity contribution < 1.29 is 14.0 Å². The van der Waals surface area contributed by atoms with Gasteiger partial charge in [-0.1, -0.05) is 12.5 Å². The molecule has 1 aromatic rings. The molecule has 5 heteroatoms. The Hall–Kier alpha value is -1.75. The first kappa shape index (κ1) is 22.3. The summed E-state index contributed by atoms with van der Waals surface area (Å²) in [6.07, 6.45) is 7.93. The van der Waals surface area contributed by atoms with E-state index in [1.807, 2.05) is 12.1 Å². The molecular formula is C21H38N3O2+. The van der Waals surface area contributed by atoms with Gasteiger partial charge in [-0.15, -0.1) is 0 Å². The first-order valence-electron chi connectivity index (χ1n) is 10.0. The van der Waals surface area contributed by atoms with Gasteiger partial charge in [0.15, 0.2) is 0 Å². The number of hydrogen-bond donors (Lipinski definition) is 2. The molecule has 0 spiro atoms. The molecule has 0 aromatic heterocycles. The minimum absolute atomic E-state index is 0.724. The molecule has 1 rings (SSSR count).